The maximum atomic E-state index is 11.3. The van der Waals surface area contributed by atoms with E-state index in [1.165, 1.54) is 0 Å². The molecular formula is C11H21N3O2. The molecule has 1 amide bonds. The summed E-state index contributed by atoms with van der Waals surface area (Å²) in [6.45, 7) is 7.02. The molecule has 0 aromatic carbocycles. The molecule has 0 aromatic heterocycles. The molecule has 0 aliphatic carbocycles. The molecular weight excluding hydrogens is 206 g/mol. The maximum absolute atomic E-state index is 11.3. The first-order chi connectivity index (χ1) is 7.75. The topological polar surface area (TPSA) is 53.6 Å². The van der Waals surface area contributed by atoms with E-state index in [0.29, 0.717) is 18.6 Å². The van der Waals surface area contributed by atoms with Crippen molar-refractivity contribution in [3.05, 3.63) is 0 Å². The highest BCUT2D eigenvalue weighted by Gasteiger charge is 2.24. The minimum atomic E-state index is 0.144. The Hall–Kier alpha value is -0.650. The molecule has 0 aromatic rings. The van der Waals surface area contributed by atoms with Crippen LogP contribution in [0.2, 0.25) is 0 Å². The molecule has 0 spiro atoms. The first-order valence-corrected chi connectivity index (χ1v) is 6.07. The number of piperazine rings is 1. The van der Waals surface area contributed by atoms with Gasteiger partial charge in [0.25, 0.3) is 0 Å². The summed E-state index contributed by atoms with van der Waals surface area (Å²) in [5.41, 5.74) is 0. The monoisotopic (exact) mass is 227 g/mol. The maximum Gasteiger partial charge on any atom is 0.234 e. The molecule has 2 aliphatic rings. The van der Waals surface area contributed by atoms with Crippen LogP contribution in [0.1, 0.15) is 13.3 Å². The molecule has 16 heavy (non-hydrogen) atoms. The second kappa shape index (κ2) is 5.61. The Kier molecular flexibility index (Phi) is 4.15. The van der Waals surface area contributed by atoms with Crippen molar-refractivity contribution >= 4 is 5.91 Å². The first-order valence-electron chi connectivity index (χ1n) is 6.07. The van der Waals surface area contributed by atoms with Gasteiger partial charge >= 0.3 is 0 Å². The van der Waals surface area contributed by atoms with Crippen LogP contribution in [0.15, 0.2) is 0 Å². The van der Waals surface area contributed by atoms with Crippen molar-refractivity contribution < 1.29 is 9.53 Å². The van der Waals surface area contributed by atoms with Gasteiger partial charge in [0, 0.05) is 31.7 Å². The molecule has 0 saturated carbocycles. The fourth-order valence-corrected chi connectivity index (χ4v) is 2.37. The standard InChI is InChI=1S/C11H21N3O2/c1-9(6-10-8-16-5-3-12-10)14-4-2-13-11(15)7-14/h9-10,12H,2-8H2,1H3,(H,13,15). The smallest absolute Gasteiger partial charge is 0.234 e. The van der Waals surface area contributed by atoms with Gasteiger partial charge in [-0.25, -0.2) is 0 Å². The van der Waals surface area contributed by atoms with Gasteiger partial charge in [0.2, 0.25) is 5.91 Å². The molecule has 2 N–H and O–H groups in total. The third kappa shape index (κ3) is 3.17. The summed E-state index contributed by atoms with van der Waals surface area (Å²) in [7, 11) is 0. The third-order valence-corrected chi connectivity index (χ3v) is 3.32. The van der Waals surface area contributed by atoms with E-state index in [0.717, 1.165) is 39.3 Å². The SMILES string of the molecule is CC(CC1COCCN1)N1CCNC(=O)C1. The molecule has 0 radical (unpaired) electrons. The van der Waals surface area contributed by atoms with Gasteiger partial charge in [-0.2, -0.15) is 0 Å². The predicted molar refractivity (Wildman–Crippen MR) is 61.3 cm³/mol. The Labute approximate surface area is 96.5 Å². The zero-order valence-electron chi connectivity index (χ0n) is 9.87. The van der Waals surface area contributed by atoms with Gasteiger partial charge in [-0.05, 0) is 13.3 Å². The quantitative estimate of drug-likeness (QED) is 0.662. The van der Waals surface area contributed by atoms with Crippen LogP contribution in [0.5, 0.6) is 0 Å². The summed E-state index contributed by atoms with van der Waals surface area (Å²) in [5.74, 6) is 0.144. The molecule has 2 aliphatic heterocycles. The van der Waals surface area contributed by atoms with Crippen molar-refractivity contribution in [1.82, 2.24) is 15.5 Å². The number of amides is 1. The van der Waals surface area contributed by atoms with Crippen LogP contribution in [0.3, 0.4) is 0 Å². The molecule has 2 heterocycles. The molecule has 2 fully saturated rings. The minimum absolute atomic E-state index is 0.144. The Morgan fingerprint density at radius 3 is 3.12 bits per heavy atom. The lowest BCUT2D eigenvalue weighted by Gasteiger charge is -2.35. The van der Waals surface area contributed by atoms with Crippen LogP contribution in [0.4, 0.5) is 0 Å². The summed E-state index contributed by atoms with van der Waals surface area (Å²) in [6.07, 6.45) is 1.05. The summed E-state index contributed by atoms with van der Waals surface area (Å²) >= 11 is 0. The lowest BCUT2D eigenvalue weighted by Crippen LogP contribution is -2.53. The van der Waals surface area contributed by atoms with E-state index in [9.17, 15) is 4.79 Å². The number of morpholine rings is 1. The van der Waals surface area contributed by atoms with Gasteiger partial charge in [0.15, 0.2) is 0 Å². The third-order valence-electron chi connectivity index (χ3n) is 3.32. The highest BCUT2D eigenvalue weighted by atomic mass is 16.5. The molecule has 5 nitrogen and oxygen atoms in total. The largest absolute Gasteiger partial charge is 0.379 e. The summed E-state index contributed by atoms with van der Waals surface area (Å²) in [4.78, 5) is 13.5. The fraction of sp³-hybridized carbons (Fsp3) is 0.909. The molecule has 2 atom stereocenters. The number of hydrogen-bond donors (Lipinski definition) is 2. The first kappa shape index (κ1) is 11.8. The average Bonchev–Trinajstić information content (AvgIpc) is 2.30. The Balaban J connectivity index is 1.77. The van der Waals surface area contributed by atoms with Crippen molar-refractivity contribution in [2.45, 2.75) is 25.4 Å². The highest BCUT2D eigenvalue weighted by molar-refractivity contribution is 5.78. The average molecular weight is 227 g/mol. The van der Waals surface area contributed by atoms with Crippen LogP contribution in [-0.2, 0) is 9.53 Å². The van der Waals surface area contributed by atoms with E-state index in [1.807, 2.05) is 0 Å². The molecule has 92 valence electrons. The van der Waals surface area contributed by atoms with Crippen molar-refractivity contribution in [2.75, 3.05) is 39.4 Å². The van der Waals surface area contributed by atoms with Gasteiger partial charge in [-0.3, -0.25) is 9.69 Å². The predicted octanol–water partition coefficient (Wildman–Crippen LogP) is -0.815. The molecule has 2 saturated heterocycles. The van der Waals surface area contributed by atoms with E-state index in [1.54, 1.807) is 0 Å². The van der Waals surface area contributed by atoms with Gasteiger partial charge in [-0.15, -0.1) is 0 Å². The van der Waals surface area contributed by atoms with E-state index >= 15 is 0 Å². The van der Waals surface area contributed by atoms with Crippen molar-refractivity contribution in [3.8, 4) is 0 Å². The number of rotatable bonds is 3. The number of hydrogen-bond acceptors (Lipinski definition) is 4. The van der Waals surface area contributed by atoms with Crippen molar-refractivity contribution in [1.29, 1.82) is 0 Å². The van der Waals surface area contributed by atoms with Gasteiger partial charge in [0.05, 0.1) is 19.8 Å². The second-order valence-corrected chi connectivity index (χ2v) is 4.63. The molecule has 2 rings (SSSR count). The second-order valence-electron chi connectivity index (χ2n) is 4.63. The molecule has 0 bridgehead atoms. The summed E-state index contributed by atoms with van der Waals surface area (Å²) in [6, 6.07) is 0.874. The van der Waals surface area contributed by atoms with Crippen molar-refractivity contribution in [2.24, 2.45) is 0 Å². The van der Waals surface area contributed by atoms with Crippen LogP contribution >= 0.6 is 0 Å². The Bertz CT molecular complexity index is 241. The zero-order valence-corrected chi connectivity index (χ0v) is 9.87. The van der Waals surface area contributed by atoms with Gasteiger partial charge < -0.3 is 15.4 Å². The van der Waals surface area contributed by atoms with E-state index in [-0.39, 0.29) is 5.91 Å². The lowest BCUT2D eigenvalue weighted by molar-refractivity contribution is -0.124. The number of ether oxygens (including phenoxy) is 1. The van der Waals surface area contributed by atoms with Gasteiger partial charge in [0.1, 0.15) is 0 Å². The van der Waals surface area contributed by atoms with Crippen LogP contribution < -0.4 is 10.6 Å². The normalized spacial score (nSPS) is 29.8. The van der Waals surface area contributed by atoms with Crippen molar-refractivity contribution in [3.63, 3.8) is 0 Å². The molecule has 2 unspecified atom stereocenters. The lowest BCUT2D eigenvalue weighted by atomic mass is 10.1. The van der Waals surface area contributed by atoms with Crippen LogP contribution in [-0.4, -0.2) is 62.3 Å². The van der Waals surface area contributed by atoms with Gasteiger partial charge in [-0.1, -0.05) is 0 Å². The van der Waals surface area contributed by atoms with E-state index in [4.69, 9.17) is 4.74 Å². The van der Waals surface area contributed by atoms with E-state index < -0.39 is 0 Å². The number of carbonyl (C=O) groups is 1. The van der Waals surface area contributed by atoms with E-state index in [2.05, 4.69) is 22.5 Å². The minimum Gasteiger partial charge on any atom is -0.379 e. The number of nitrogens with zero attached hydrogens (tertiary/aromatic N) is 1. The Morgan fingerprint density at radius 1 is 1.56 bits per heavy atom. The van der Waals surface area contributed by atoms with Crippen LogP contribution in [0.25, 0.3) is 0 Å². The molecule has 5 heteroatoms. The summed E-state index contributed by atoms with van der Waals surface area (Å²) < 4.78 is 5.43. The summed E-state index contributed by atoms with van der Waals surface area (Å²) in [5, 5.41) is 6.30. The number of carbonyl (C=O) groups excluding carboxylic acids is 1. The zero-order chi connectivity index (χ0) is 11.4. The van der Waals surface area contributed by atoms with Crippen LogP contribution in [0, 0.1) is 0 Å². The number of nitrogens with one attached hydrogen (secondary N) is 2. The highest BCUT2D eigenvalue weighted by Crippen LogP contribution is 2.10. The fourth-order valence-electron chi connectivity index (χ4n) is 2.37. The Morgan fingerprint density at radius 2 is 2.44 bits per heavy atom.